The molecule has 1 amide bonds. The molecule has 166 valence electrons. The number of nitrogens with zero attached hydrogens (tertiary/aromatic N) is 1. The van der Waals surface area contributed by atoms with Gasteiger partial charge in [-0.2, -0.15) is 0 Å². The molecular weight excluding hydrogens is 395 g/mol. The summed E-state index contributed by atoms with van der Waals surface area (Å²) in [5.74, 6) is -0.192. The average Bonchev–Trinajstić information content (AvgIpc) is 3.53. The summed E-state index contributed by atoms with van der Waals surface area (Å²) >= 11 is 0. The van der Waals surface area contributed by atoms with Gasteiger partial charge in [0.05, 0.1) is 28.6 Å². The Bertz CT molecular complexity index is 936. The number of benzene rings is 1. The van der Waals surface area contributed by atoms with Crippen LogP contribution in [0, 0.1) is 11.7 Å². The van der Waals surface area contributed by atoms with E-state index in [-0.39, 0.29) is 11.6 Å². The van der Waals surface area contributed by atoms with Crippen molar-refractivity contribution in [3.05, 3.63) is 59.7 Å². The first-order chi connectivity index (χ1) is 14.8. The van der Waals surface area contributed by atoms with Crippen LogP contribution in [-0.2, 0) is 10.3 Å². The Morgan fingerprint density at radius 1 is 1.39 bits per heavy atom. The molecule has 5 N–H and O–H groups in total. The number of nitrogens with two attached hydrogens (primary N) is 1. The number of anilines is 1. The quantitative estimate of drug-likeness (QED) is 0.520. The smallest absolute Gasteiger partial charge is 0.241 e. The van der Waals surface area contributed by atoms with Gasteiger partial charge in [-0.05, 0) is 55.0 Å². The molecule has 2 fully saturated rings. The zero-order valence-corrected chi connectivity index (χ0v) is 17.9. The van der Waals surface area contributed by atoms with Gasteiger partial charge in [0.1, 0.15) is 5.82 Å². The second-order valence-electron chi connectivity index (χ2n) is 9.07. The van der Waals surface area contributed by atoms with Gasteiger partial charge in [0.2, 0.25) is 5.91 Å². The van der Waals surface area contributed by atoms with Crippen molar-refractivity contribution in [3.63, 3.8) is 0 Å². The van der Waals surface area contributed by atoms with Gasteiger partial charge in [0.15, 0.2) is 0 Å². The maximum Gasteiger partial charge on any atom is 0.241 e. The van der Waals surface area contributed by atoms with E-state index in [4.69, 9.17) is 5.73 Å². The summed E-state index contributed by atoms with van der Waals surface area (Å²) < 4.78 is 14.6. The Morgan fingerprint density at radius 2 is 2.19 bits per heavy atom. The van der Waals surface area contributed by atoms with Gasteiger partial charge in [-0.25, -0.2) is 4.39 Å². The Kier molecular flexibility index (Phi) is 6.10. The third-order valence-electron chi connectivity index (χ3n) is 6.74. The molecule has 6 nitrogen and oxygen atoms in total. The number of hydrogen-bond donors (Lipinski definition) is 4. The third-order valence-corrected chi connectivity index (χ3v) is 6.74. The Morgan fingerprint density at radius 3 is 2.84 bits per heavy atom. The minimum atomic E-state index is -0.906. The van der Waals surface area contributed by atoms with Gasteiger partial charge >= 0.3 is 0 Å². The molecule has 1 aliphatic carbocycles. The number of nitrogens with one attached hydrogen (secondary N) is 2. The molecule has 1 aromatic heterocycles. The molecule has 2 aliphatic rings. The van der Waals surface area contributed by atoms with Crippen molar-refractivity contribution in [3.8, 4) is 0 Å². The fourth-order valence-corrected chi connectivity index (χ4v) is 4.30. The summed E-state index contributed by atoms with van der Waals surface area (Å²) in [6.45, 7) is 2.22. The zero-order chi connectivity index (χ0) is 22.1. The molecule has 1 saturated heterocycles. The highest BCUT2D eigenvalue weighted by molar-refractivity contribution is 5.95. The van der Waals surface area contributed by atoms with Crippen LogP contribution in [0.25, 0.3) is 0 Å². The van der Waals surface area contributed by atoms with Gasteiger partial charge in [0, 0.05) is 19.2 Å². The highest BCUT2D eigenvalue weighted by Crippen LogP contribution is 2.40. The Balaban J connectivity index is 1.58. The van der Waals surface area contributed by atoms with Crippen molar-refractivity contribution >= 4 is 11.6 Å². The SMILES string of the molecule is CCC1(O)CN[C@@H](C(=O)Nc2cc(C(N)(CCC3CC3)c3ccccn3)ccc2F)C1. The molecule has 0 radical (unpaired) electrons. The van der Waals surface area contributed by atoms with E-state index < -0.39 is 23.0 Å². The zero-order valence-electron chi connectivity index (χ0n) is 17.9. The average molecular weight is 427 g/mol. The molecule has 3 atom stereocenters. The number of aliphatic hydroxyl groups is 1. The number of hydrogen-bond acceptors (Lipinski definition) is 5. The summed E-state index contributed by atoms with van der Waals surface area (Å²) in [4.78, 5) is 17.2. The number of aromatic nitrogens is 1. The predicted octanol–water partition coefficient (Wildman–Crippen LogP) is 3.05. The second-order valence-corrected chi connectivity index (χ2v) is 9.07. The van der Waals surface area contributed by atoms with Crippen molar-refractivity contribution in [2.75, 3.05) is 11.9 Å². The molecule has 1 aliphatic heterocycles. The highest BCUT2D eigenvalue weighted by Gasteiger charge is 2.39. The first-order valence-electron chi connectivity index (χ1n) is 11.1. The van der Waals surface area contributed by atoms with E-state index >= 15 is 0 Å². The van der Waals surface area contributed by atoms with E-state index in [1.807, 2.05) is 25.1 Å². The van der Waals surface area contributed by atoms with Crippen LogP contribution in [-0.4, -0.2) is 34.2 Å². The molecule has 7 heteroatoms. The van der Waals surface area contributed by atoms with Crippen molar-refractivity contribution in [2.24, 2.45) is 11.7 Å². The van der Waals surface area contributed by atoms with Gasteiger partial charge < -0.3 is 21.5 Å². The lowest BCUT2D eigenvalue weighted by Crippen LogP contribution is -2.39. The lowest BCUT2D eigenvalue weighted by atomic mass is 9.82. The summed E-state index contributed by atoms with van der Waals surface area (Å²) in [5.41, 5.74) is 6.66. The number of carbonyl (C=O) groups is 1. The Hall–Kier alpha value is -2.35. The van der Waals surface area contributed by atoms with Gasteiger partial charge in [-0.15, -0.1) is 0 Å². The van der Waals surface area contributed by atoms with Crippen LogP contribution in [0.5, 0.6) is 0 Å². The predicted molar refractivity (Wildman–Crippen MR) is 118 cm³/mol. The summed E-state index contributed by atoms with van der Waals surface area (Å²) in [5, 5.41) is 16.1. The van der Waals surface area contributed by atoms with Crippen LogP contribution >= 0.6 is 0 Å². The van der Waals surface area contributed by atoms with Crippen molar-refractivity contribution in [1.29, 1.82) is 0 Å². The van der Waals surface area contributed by atoms with E-state index in [0.29, 0.717) is 37.3 Å². The topological polar surface area (TPSA) is 100 Å². The van der Waals surface area contributed by atoms with Gasteiger partial charge in [-0.3, -0.25) is 9.78 Å². The summed E-state index contributed by atoms with van der Waals surface area (Å²) in [7, 11) is 0. The Labute approximate surface area is 182 Å². The minimum absolute atomic E-state index is 0.0911. The molecule has 0 bridgehead atoms. The largest absolute Gasteiger partial charge is 0.388 e. The van der Waals surface area contributed by atoms with Crippen LogP contribution in [0.4, 0.5) is 10.1 Å². The van der Waals surface area contributed by atoms with Crippen LogP contribution in [0.15, 0.2) is 42.6 Å². The van der Waals surface area contributed by atoms with E-state index in [2.05, 4.69) is 15.6 Å². The monoisotopic (exact) mass is 426 g/mol. The molecule has 1 aromatic carbocycles. The first kappa shape index (κ1) is 21.9. The van der Waals surface area contributed by atoms with Crippen LogP contribution < -0.4 is 16.4 Å². The molecule has 4 rings (SSSR count). The summed E-state index contributed by atoms with van der Waals surface area (Å²) in [6.07, 6.45) is 6.68. The van der Waals surface area contributed by atoms with E-state index in [1.54, 1.807) is 18.3 Å². The van der Waals surface area contributed by atoms with Crippen molar-refractivity contribution in [2.45, 2.75) is 62.6 Å². The maximum atomic E-state index is 14.6. The minimum Gasteiger partial charge on any atom is -0.388 e. The van der Waals surface area contributed by atoms with E-state index in [9.17, 15) is 14.3 Å². The van der Waals surface area contributed by atoms with Crippen molar-refractivity contribution in [1.82, 2.24) is 10.3 Å². The van der Waals surface area contributed by atoms with Gasteiger partial charge in [-0.1, -0.05) is 31.9 Å². The van der Waals surface area contributed by atoms with Crippen LogP contribution in [0.3, 0.4) is 0 Å². The number of amides is 1. The first-order valence-corrected chi connectivity index (χ1v) is 11.1. The number of halogens is 1. The third kappa shape index (κ3) is 4.79. The fourth-order valence-electron chi connectivity index (χ4n) is 4.30. The normalized spacial score (nSPS) is 25.2. The molecule has 1 saturated carbocycles. The molecular formula is C24H31FN4O2. The molecule has 0 spiro atoms. The number of β-amino-alcohol motifs (C(OH)–C–C–N with tert-alkyl or cyclic N) is 1. The molecule has 2 unspecified atom stereocenters. The molecule has 2 heterocycles. The molecule has 2 aromatic rings. The number of rotatable bonds is 8. The lowest BCUT2D eigenvalue weighted by Gasteiger charge is -2.30. The van der Waals surface area contributed by atoms with Gasteiger partial charge in [0.25, 0.3) is 0 Å². The standard InChI is InChI=1S/C24H31FN4O2/c1-2-23(31)14-20(28-15-23)22(30)29-19-13-17(8-9-18(19)25)24(26,11-10-16-6-7-16)21-5-3-4-12-27-21/h3-5,8-9,12-13,16,20,28,31H,2,6-7,10-11,14-15,26H2,1H3,(H,29,30)/t20-,23?,24?/m1/s1. The second kappa shape index (κ2) is 8.65. The molecule has 31 heavy (non-hydrogen) atoms. The fraction of sp³-hybridized carbons (Fsp3) is 0.500. The number of carbonyl (C=O) groups excluding carboxylic acids is 1. The lowest BCUT2D eigenvalue weighted by molar-refractivity contribution is -0.118. The van der Waals surface area contributed by atoms with E-state index in [0.717, 1.165) is 12.1 Å². The summed E-state index contributed by atoms with van der Waals surface area (Å²) in [6, 6.07) is 9.70. The van der Waals surface area contributed by atoms with E-state index in [1.165, 1.54) is 18.9 Å². The number of pyridine rings is 1. The maximum absolute atomic E-state index is 14.6. The highest BCUT2D eigenvalue weighted by atomic mass is 19.1. The van der Waals surface area contributed by atoms with Crippen LogP contribution in [0.2, 0.25) is 0 Å². The van der Waals surface area contributed by atoms with Crippen LogP contribution in [0.1, 0.15) is 56.7 Å². The van der Waals surface area contributed by atoms with Crippen molar-refractivity contribution < 1.29 is 14.3 Å².